The lowest BCUT2D eigenvalue weighted by Gasteiger charge is -2.19. The van der Waals surface area contributed by atoms with Gasteiger partial charge in [-0.3, -0.25) is 4.57 Å². The molecule has 0 aliphatic heterocycles. The van der Waals surface area contributed by atoms with E-state index in [4.69, 9.17) is 0 Å². The second kappa shape index (κ2) is 4.67. The summed E-state index contributed by atoms with van der Waals surface area (Å²) in [7, 11) is -4.34. The Morgan fingerprint density at radius 2 is 2.00 bits per heavy atom. The van der Waals surface area contributed by atoms with Crippen LogP contribution in [0.1, 0.15) is 11.3 Å². The summed E-state index contributed by atoms with van der Waals surface area (Å²) in [5, 5.41) is 8.72. The van der Waals surface area contributed by atoms with Crippen molar-refractivity contribution in [2.24, 2.45) is 0 Å². The van der Waals surface area contributed by atoms with Crippen LogP contribution in [0, 0.1) is 0 Å². The van der Waals surface area contributed by atoms with E-state index in [1.807, 2.05) is 0 Å². The number of rotatable bonds is 4. The summed E-state index contributed by atoms with van der Waals surface area (Å²) >= 11 is 0. The van der Waals surface area contributed by atoms with Crippen LogP contribution in [0.4, 0.5) is 5.95 Å². The van der Waals surface area contributed by atoms with Crippen molar-refractivity contribution in [2.45, 2.75) is 5.78 Å². The molecule has 1 aromatic heterocycles. The van der Waals surface area contributed by atoms with E-state index in [1.165, 1.54) is 6.33 Å². The minimum Gasteiger partial charge on any atom is -0.337 e. The van der Waals surface area contributed by atoms with Crippen molar-refractivity contribution in [3.63, 3.8) is 0 Å². The summed E-state index contributed by atoms with van der Waals surface area (Å²) in [4.78, 5) is 22.4. The molecule has 0 fully saturated rings. The zero-order chi connectivity index (χ0) is 12.3. The van der Waals surface area contributed by atoms with Crippen LogP contribution in [0.15, 0.2) is 36.7 Å². The molecule has 1 heterocycles. The molecular weight excluding hydrogens is 243 g/mol. The fourth-order valence-electron chi connectivity index (χ4n) is 1.40. The number of nitrogens with one attached hydrogen (secondary N) is 2. The van der Waals surface area contributed by atoms with E-state index in [9.17, 15) is 14.4 Å². The first-order valence-corrected chi connectivity index (χ1v) is 6.47. The Hall–Kier alpha value is -1.69. The minimum atomic E-state index is -4.34. The van der Waals surface area contributed by atoms with Gasteiger partial charge in [-0.1, -0.05) is 30.3 Å². The van der Waals surface area contributed by atoms with Gasteiger partial charge in [0.25, 0.3) is 0 Å². The molecule has 2 rings (SSSR count). The molecule has 17 heavy (non-hydrogen) atoms. The lowest BCUT2D eigenvalue weighted by Crippen LogP contribution is -2.12. The van der Waals surface area contributed by atoms with Crippen molar-refractivity contribution in [3.05, 3.63) is 42.2 Å². The summed E-state index contributed by atoms with van der Waals surface area (Å²) in [6.07, 6.45) is 1.25. The fraction of sp³-hybridized carbons (Fsp3) is 0.111. The van der Waals surface area contributed by atoms with Gasteiger partial charge in [0.1, 0.15) is 6.33 Å². The van der Waals surface area contributed by atoms with Crippen molar-refractivity contribution < 1.29 is 14.4 Å². The molecule has 0 saturated carbocycles. The Labute approximate surface area is 97.1 Å². The normalized spacial score (nSPS) is 13.3. The average Bonchev–Trinajstić information content (AvgIpc) is 2.78. The Morgan fingerprint density at radius 3 is 2.53 bits per heavy atom. The van der Waals surface area contributed by atoms with Crippen LogP contribution in [-0.4, -0.2) is 25.0 Å². The number of aromatic nitrogens is 3. The van der Waals surface area contributed by atoms with Crippen LogP contribution in [0.3, 0.4) is 0 Å². The molecule has 0 aliphatic rings. The molecule has 0 unspecified atom stereocenters. The number of benzene rings is 1. The van der Waals surface area contributed by atoms with Gasteiger partial charge in [0.2, 0.25) is 5.95 Å². The molecule has 4 N–H and O–H groups in total. The van der Waals surface area contributed by atoms with Gasteiger partial charge in [-0.25, -0.2) is 10.1 Å². The van der Waals surface area contributed by atoms with Crippen molar-refractivity contribution in [1.29, 1.82) is 0 Å². The van der Waals surface area contributed by atoms with E-state index in [1.54, 1.807) is 30.3 Å². The van der Waals surface area contributed by atoms with Crippen molar-refractivity contribution >= 4 is 13.5 Å². The highest BCUT2D eigenvalue weighted by Crippen LogP contribution is 2.51. The highest BCUT2D eigenvalue weighted by molar-refractivity contribution is 7.52. The molecule has 90 valence electrons. The van der Waals surface area contributed by atoms with E-state index in [-0.39, 0.29) is 5.95 Å². The van der Waals surface area contributed by atoms with E-state index >= 15 is 0 Å². The first-order valence-electron chi connectivity index (χ1n) is 4.79. The maximum atomic E-state index is 11.4. The number of nitrogens with zero attached hydrogens (tertiary/aromatic N) is 2. The van der Waals surface area contributed by atoms with Gasteiger partial charge >= 0.3 is 7.60 Å². The monoisotopic (exact) mass is 254 g/mol. The van der Waals surface area contributed by atoms with E-state index < -0.39 is 13.4 Å². The summed E-state index contributed by atoms with van der Waals surface area (Å²) in [6, 6.07) is 8.45. The first-order chi connectivity index (χ1) is 8.07. The molecule has 8 heteroatoms. The third-order valence-electron chi connectivity index (χ3n) is 2.14. The van der Waals surface area contributed by atoms with Crippen LogP contribution in [-0.2, 0) is 4.57 Å². The molecule has 0 spiro atoms. The van der Waals surface area contributed by atoms with Crippen LogP contribution >= 0.6 is 7.60 Å². The van der Waals surface area contributed by atoms with E-state index in [0.29, 0.717) is 5.56 Å². The molecular formula is C9H11N4O3P. The van der Waals surface area contributed by atoms with Crippen LogP contribution in [0.25, 0.3) is 0 Å². The number of hydrogen-bond acceptors (Lipinski definition) is 4. The smallest absolute Gasteiger partial charge is 0.337 e. The van der Waals surface area contributed by atoms with Crippen LogP contribution in [0.5, 0.6) is 0 Å². The molecule has 2 aromatic rings. The van der Waals surface area contributed by atoms with Gasteiger partial charge in [-0.15, -0.1) is 0 Å². The molecule has 0 amide bonds. The molecule has 1 atom stereocenters. The number of H-pyrrole nitrogens is 1. The lowest BCUT2D eigenvalue weighted by atomic mass is 10.2. The topological polar surface area (TPSA) is 111 Å². The Morgan fingerprint density at radius 1 is 1.29 bits per heavy atom. The molecule has 0 saturated heterocycles. The summed E-state index contributed by atoms with van der Waals surface area (Å²) in [5.41, 5.74) is 0.484. The molecule has 1 aromatic carbocycles. The van der Waals surface area contributed by atoms with Gasteiger partial charge in [0.15, 0.2) is 5.78 Å². The molecule has 7 nitrogen and oxygen atoms in total. The van der Waals surface area contributed by atoms with E-state index in [2.05, 4.69) is 20.5 Å². The average molecular weight is 254 g/mol. The van der Waals surface area contributed by atoms with Gasteiger partial charge in [-0.2, -0.15) is 5.10 Å². The second-order valence-electron chi connectivity index (χ2n) is 3.38. The molecule has 0 radical (unpaired) electrons. The number of anilines is 1. The first kappa shape index (κ1) is 11.8. The highest BCUT2D eigenvalue weighted by Gasteiger charge is 2.30. The van der Waals surface area contributed by atoms with Gasteiger partial charge in [-0.05, 0) is 5.56 Å². The van der Waals surface area contributed by atoms with Gasteiger partial charge < -0.3 is 15.1 Å². The number of aromatic amines is 1. The summed E-state index contributed by atoms with van der Waals surface area (Å²) < 4.78 is 11.4. The van der Waals surface area contributed by atoms with Gasteiger partial charge in [0, 0.05) is 0 Å². The Bertz CT molecular complexity index is 510. The van der Waals surface area contributed by atoms with Crippen molar-refractivity contribution in [3.8, 4) is 0 Å². The van der Waals surface area contributed by atoms with Crippen LogP contribution < -0.4 is 5.32 Å². The Kier molecular flexibility index (Phi) is 3.23. The van der Waals surface area contributed by atoms with Crippen LogP contribution in [0.2, 0.25) is 0 Å². The Balaban J connectivity index is 2.30. The minimum absolute atomic E-state index is 0.210. The zero-order valence-corrected chi connectivity index (χ0v) is 9.58. The second-order valence-corrected chi connectivity index (χ2v) is 5.08. The van der Waals surface area contributed by atoms with Crippen molar-refractivity contribution in [1.82, 2.24) is 15.2 Å². The lowest BCUT2D eigenvalue weighted by molar-refractivity contribution is 0.363. The predicted molar refractivity (Wildman–Crippen MR) is 61.2 cm³/mol. The highest BCUT2D eigenvalue weighted by atomic mass is 31.2. The van der Waals surface area contributed by atoms with E-state index in [0.717, 1.165) is 0 Å². The van der Waals surface area contributed by atoms with Gasteiger partial charge in [0.05, 0.1) is 0 Å². The maximum Gasteiger partial charge on any atom is 0.352 e. The quantitative estimate of drug-likeness (QED) is 0.608. The molecule has 0 bridgehead atoms. The SMILES string of the molecule is O=P(O)(O)[C@@H](Nc1ncn[nH]1)c1ccccc1. The standard InChI is InChI=1S/C9H11N4O3P/c14-17(15,16)8(7-4-2-1-3-5-7)12-9-10-6-11-13-9/h1-6,8H,(H2,14,15,16)(H2,10,11,12,13)/t8-/m1/s1. The fourth-order valence-corrected chi connectivity index (χ4v) is 2.25. The largest absolute Gasteiger partial charge is 0.352 e. The summed E-state index contributed by atoms with van der Waals surface area (Å²) in [6.45, 7) is 0. The predicted octanol–water partition coefficient (Wildman–Crippen LogP) is 1.09. The third kappa shape index (κ3) is 2.91. The third-order valence-corrected chi connectivity index (χ3v) is 3.24. The zero-order valence-electron chi connectivity index (χ0n) is 8.69. The number of hydrogen-bond donors (Lipinski definition) is 4. The summed E-state index contributed by atoms with van der Waals surface area (Å²) in [5.74, 6) is -0.932. The maximum absolute atomic E-state index is 11.4. The molecule has 0 aliphatic carbocycles. The van der Waals surface area contributed by atoms with Crippen molar-refractivity contribution in [2.75, 3.05) is 5.32 Å².